The number of hydrogen-bond donors (Lipinski definition) is 1. The van der Waals surface area contributed by atoms with Gasteiger partial charge in [0.25, 0.3) is 0 Å². The van der Waals surface area contributed by atoms with Gasteiger partial charge < -0.3 is 14.6 Å². The number of esters is 1. The van der Waals surface area contributed by atoms with Crippen LogP contribution >= 0.6 is 15.9 Å². The van der Waals surface area contributed by atoms with E-state index >= 15 is 0 Å². The summed E-state index contributed by atoms with van der Waals surface area (Å²) in [5, 5.41) is 9.47. The van der Waals surface area contributed by atoms with Crippen molar-refractivity contribution in [1.82, 2.24) is 0 Å². The molecule has 88 valence electrons. The molecule has 0 aromatic heterocycles. The molecule has 1 aromatic rings. The van der Waals surface area contributed by atoms with E-state index in [2.05, 4.69) is 20.7 Å². The lowest BCUT2D eigenvalue weighted by atomic mass is 10.1. The van der Waals surface area contributed by atoms with E-state index < -0.39 is 12.1 Å². The molecule has 5 heteroatoms. The first kappa shape index (κ1) is 13.0. The van der Waals surface area contributed by atoms with Gasteiger partial charge in [-0.15, -0.1) is 0 Å². The predicted octanol–water partition coefficient (Wildman–Crippen LogP) is 1.53. The highest BCUT2D eigenvalue weighted by Crippen LogP contribution is 2.25. The van der Waals surface area contributed by atoms with Gasteiger partial charge in [-0.2, -0.15) is 0 Å². The van der Waals surface area contributed by atoms with E-state index in [9.17, 15) is 9.90 Å². The van der Waals surface area contributed by atoms with Gasteiger partial charge in [0.1, 0.15) is 5.75 Å². The van der Waals surface area contributed by atoms with E-state index in [1.165, 1.54) is 7.11 Å². The van der Waals surface area contributed by atoms with Crippen LogP contribution in [-0.2, 0) is 16.0 Å². The van der Waals surface area contributed by atoms with Gasteiger partial charge in [0.05, 0.1) is 18.7 Å². The largest absolute Gasteiger partial charge is 0.496 e. The zero-order chi connectivity index (χ0) is 12.1. The van der Waals surface area contributed by atoms with Crippen LogP contribution in [-0.4, -0.2) is 31.4 Å². The van der Waals surface area contributed by atoms with Crippen molar-refractivity contribution in [3.63, 3.8) is 0 Å². The minimum atomic E-state index is -1.13. The molecule has 16 heavy (non-hydrogen) atoms. The van der Waals surface area contributed by atoms with Crippen LogP contribution in [0.1, 0.15) is 5.56 Å². The first-order chi connectivity index (χ1) is 7.58. The van der Waals surface area contributed by atoms with Crippen LogP contribution in [0.4, 0.5) is 0 Å². The molecular formula is C11H13BrO4. The summed E-state index contributed by atoms with van der Waals surface area (Å²) in [7, 11) is 2.82. The fourth-order valence-corrected chi connectivity index (χ4v) is 1.87. The Hall–Kier alpha value is -1.07. The van der Waals surface area contributed by atoms with Gasteiger partial charge >= 0.3 is 5.97 Å². The third-order valence-corrected chi connectivity index (χ3v) is 2.74. The number of halogens is 1. The molecule has 0 heterocycles. The number of carbonyl (C=O) groups is 1. The Kier molecular flexibility index (Phi) is 4.76. The molecule has 0 radical (unpaired) electrons. The maximum absolute atomic E-state index is 11.0. The van der Waals surface area contributed by atoms with Crippen LogP contribution in [0.3, 0.4) is 0 Å². The first-order valence-electron chi connectivity index (χ1n) is 4.66. The second-order valence-electron chi connectivity index (χ2n) is 3.21. The number of benzene rings is 1. The number of aliphatic hydroxyl groups excluding tert-OH is 1. The SMILES string of the molecule is COC(=O)C(O)Cc1ccc(OC)c(Br)c1. The Labute approximate surface area is 102 Å². The fourth-order valence-electron chi connectivity index (χ4n) is 1.28. The Morgan fingerprint density at radius 3 is 2.69 bits per heavy atom. The van der Waals surface area contributed by atoms with E-state index in [0.29, 0.717) is 5.75 Å². The van der Waals surface area contributed by atoms with Crippen molar-refractivity contribution in [1.29, 1.82) is 0 Å². The summed E-state index contributed by atoms with van der Waals surface area (Å²) in [5.41, 5.74) is 0.825. The van der Waals surface area contributed by atoms with Crippen molar-refractivity contribution in [3.05, 3.63) is 28.2 Å². The lowest BCUT2D eigenvalue weighted by Gasteiger charge is -2.09. The summed E-state index contributed by atoms with van der Waals surface area (Å²) in [5.74, 6) is 0.0725. The molecule has 0 aliphatic rings. The molecule has 4 nitrogen and oxygen atoms in total. The zero-order valence-electron chi connectivity index (χ0n) is 9.07. The summed E-state index contributed by atoms with van der Waals surface area (Å²) in [6.45, 7) is 0. The van der Waals surface area contributed by atoms with Gasteiger partial charge in [-0.05, 0) is 33.6 Å². The van der Waals surface area contributed by atoms with Crippen molar-refractivity contribution in [2.24, 2.45) is 0 Å². The van der Waals surface area contributed by atoms with Gasteiger partial charge in [-0.1, -0.05) is 6.07 Å². The molecule has 1 rings (SSSR count). The third-order valence-electron chi connectivity index (χ3n) is 2.12. The molecule has 0 saturated carbocycles. The summed E-state index contributed by atoms with van der Waals surface area (Å²) in [6.07, 6.45) is -0.916. The van der Waals surface area contributed by atoms with Gasteiger partial charge in [-0.25, -0.2) is 4.79 Å². The van der Waals surface area contributed by atoms with Gasteiger partial charge in [0.2, 0.25) is 0 Å². The number of hydrogen-bond acceptors (Lipinski definition) is 4. The fraction of sp³-hybridized carbons (Fsp3) is 0.364. The summed E-state index contributed by atoms with van der Waals surface area (Å²) in [4.78, 5) is 11.0. The summed E-state index contributed by atoms with van der Waals surface area (Å²) in [6, 6.07) is 5.35. The number of aliphatic hydroxyl groups is 1. The van der Waals surface area contributed by atoms with E-state index in [-0.39, 0.29) is 6.42 Å². The lowest BCUT2D eigenvalue weighted by Crippen LogP contribution is -2.24. The average molecular weight is 289 g/mol. The minimum absolute atomic E-state index is 0.218. The van der Waals surface area contributed by atoms with Crippen LogP contribution in [0.25, 0.3) is 0 Å². The number of rotatable bonds is 4. The van der Waals surface area contributed by atoms with Crippen molar-refractivity contribution in [2.45, 2.75) is 12.5 Å². The minimum Gasteiger partial charge on any atom is -0.496 e. The zero-order valence-corrected chi connectivity index (χ0v) is 10.7. The van der Waals surface area contributed by atoms with Crippen LogP contribution in [0.2, 0.25) is 0 Å². The maximum Gasteiger partial charge on any atom is 0.335 e. The standard InChI is InChI=1S/C11H13BrO4/c1-15-10-4-3-7(5-8(10)12)6-9(13)11(14)16-2/h3-5,9,13H,6H2,1-2H3. The normalized spacial score (nSPS) is 12.0. The first-order valence-corrected chi connectivity index (χ1v) is 5.46. The van der Waals surface area contributed by atoms with Gasteiger partial charge in [0, 0.05) is 6.42 Å². The highest BCUT2D eigenvalue weighted by molar-refractivity contribution is 9.10. The second kappa shape index (κ2) is 5.86. The molecule has 1 atom stereocenters. The van der Waals surface area contributed by atoms with Crippen molar-refractivity contribution in [3.8, 4) is 5.75 Å². The molecular weight excluding hydrogens is 276 g/mol. The maximum atomic E-state index is 11.0. The van der Waals surface area contributed by atoms with E-state index in [4.69, 9.17) is 4.74 Å². The highest BCUT2D eigenvalue weighted by Gasteiger charge is 2.16. The molecule has 0 amide bonds. The molecule has 1 N–H and O–H groups in total. The Morgan fingerprint density at radius 2 is 2.19 bits per heavy atom. The van der Waals surface area contributed by atoms with Crippen LogP contribution in [0.15, 0.2) is 22.7 Å². The van der Waals surface area contributed by atoms with Gasteiger partial charge in [0.15, 0.2) is 6.10 Å². The Morgan fingerprint density at radius 1 is 1.50 bits per heavy atom. The second-order valence-corrected chi connectivity index (χ2v) is 4.07. The Bertz CT molecular complexity index is 378. The van der Waals surface area contributed by atoms with E-state index in [1.54, 1.807) is 25.3 Å². The summed E-state index contributed by atoms with van der Waals surface area (Å²) >= 11 is 3.33. The number of methoxy groups -OCH3 is 2. The molecule has 0 bridgehead atoms. The molecule has 0 aliphatic carbocycles. The molecule has 0 fully saturated rings. The van der Waals surface area contributed by atoms with Crippen LogP contribution in [0, 0.1) is 0 Å². The lowest BCUT2D eigenvalue weighted by molar-refractivity contribution is -0.150. The predicted molar refractivity (Wildman–Crippen MR) is 62.4 cm³/mol. The molecule has 1 unspecified atom stereocenters. The van der Waals surface area contributed by atoms with Crippen molar-refractivity contribution in [2.75, 3.05) is 14.2 Å². The molecule has 0 aliphatic heterocycles. The number of ether oxygens (including phenoxy) is 2. The average Bonchev–Trinajstić information content (AvgIpc) is 2.28. The quantitative estimate of drug-likeness (QED) is 0.854. The summed E-state index contributed by atoms with van der Waals surface area (Å²) < 4.78 is 10.3. The van der Waals surface area contributed by atoms with Crippen molar-refractivity contribution >= 4 is 21.9 Å². The number of carbonyl (C=O) groups excluding carboxylic acids is 1. The monoisotopic (exact) mass is 288 g/mol. The smallest absolute Gasteiger partial charge is 0.335 e. The van der Waals surface area contributed by atoms with Crippen LogP contribution in [0.5, 0.6) is 5.75 Å². The van der Waals surface area contributed by atoms with Crippen LogP contribution < -0.4 is 4.74 Å². The third kappa shape index (κ3) is 3.21. The molecule has 0 spiro atoms. The van der Waals surface area contributed by atoms with E-state index in [1.807, 2.05) is 0 Å². The molecule has 0 saturated heterocycles. The highest BCUT2D eigenvalue weighted by atomic mass is 79.9. The van der Waals surface area contributed by atoms with Gasteiger partial charge in [-0.3, -0.25) is 0 Å². The van der Waals surface area contributed by atoms with Crippen molar-refractivity contribution < 1.29 is 19.4 Å². The Balaban J connectivity index is 2.75. The van der Waals surface area contributed by atoms with E-state index in [0.717, 1.165) is 10.0 Å². The topological polar surface area (TPSA) is 55.8 Å². The molecule has 1 aromatic carbocycles.